The highest BCUT2D eigenvalue weighted by atomic mass is 16.4. The normalized spacial score (nSPS) is 16.0. The first kappa shape index (κ1) is 7.24. The summed E-state index contributed by atoms with van der Waals surface area (Å²) in [7, 11) is 0. The quantitative estimate of drug-likeness (QED) is 0.669. The highest BCUT2D eigenvalue weighted by Crippen LogP contribution is 2.17. The van der Waals surface area contributed by atoms with E-state index >= 15 is 0 Å². The van der Waals surface area contributed by atoms with Crippen LogP contribution in [0.5, 0.6) is 0 Å². The summed E-state index contributed by atoms with van der Waals surface area (Å²) in [4.78, 5) is 14.7. The molecule has 4 nitrogen and oxygen atoms in total. The number of aliphatic carboxylic acids is 1. The third-order valence-corrected chi connectivity index (χ3v) is 1.56. The fourth-order valence-electron chi connectivity index (χ4n) is 0.755. The molecule has 0 aromatic carbocycles. The summed E-state index contributed by atoms with van der Waals surface area (Å²) in [5.74, 6) is -1.05. The van der Waals surface area contributed by atoms with Crippen molar-refractivity contribution in [3.05, 3.63) is 30.1 Å². The Morgan fingerprint density at radius 3 is 3.00 bits per heavy atom. The number of aromatic nitrogens is 1. The molecule has 1 unspecified atom stereocenters. The molecule has 12 heavy (non-hydrogen) atoms. The van der Waals surface area contributed by atoms with E-state index in [1.807, 2.05) is 0 Å². The van der Waals surface area contributed by atoms with E-state index in [1.165, 1.54) is 19.2 Å². The lowest BCUT2D eigenvalue weighted by Crippen LogP contribution is -2.32. The third kappa shape index (κ3) is 1.43. The summed E-state index contributed by atoms with van der Waals surface area (Å²) < 4.78 is 6.38. The van der Waals surface area contributed by atoms with Crippen LogP contribution in [0.2, 0.25) is 0 Å². The largest absolute Gasteiger partial charge is 0.479 e. The Morgan fingerprint density at radius 1 is 1.75 bits per heavy atom. The van der Waals surface area contributed by atoms with Gasteiger partial charge in [-0.1, -0.05) is 6.07 Å². The second kappa shape index (κ2) is 2.91. The van der Waals surface area contributed by atoms with E-state index in [4.69, 9.17) is 1.43 Å². The summed E-state index contributed by atoms with van der Waals surface area (Å²) in [5.41, 5.74) is -1.70. The van der Waals surface area contributed by atoms with E-state index in [2.05, 4.69) is 10.1 Å². The molecule has 0 aliphatic rings. The zero-order valence-electron chi connectivity index (χ0n) is 7.52. The van der Waals surface area contributed by atoms with Gasteiger partial charge in [0, 0.05) is 6.20 Å². The first-order valence-corrected chi connectivity index (χ1v) is 3.40. The molecule has 0 radical (unpaired) electrons. The molecule has 64 valence electrons. The van der Waals surface area contributed by atoms with Crippen LogP contribution in [0.15, 0.2) is 24.4 Å². The SMILES string of the molecule is [2H]OC(=O)C(C)(O)c1ccccn1. The van der Waals surface area contributed by atoms with Crippen LogP contribution in [0.1, 0.15) is 12.6 Å². The predicted octanol–water partition coefficient (Wildman–Crippen LogP) is 0.374. The van der Waals surface area contributed by atoms with Gasteiger partial charge in [-0.25, -0.2) is 4.79 Å². The van der Waals surface area contributed by atoms with Crippen LogP contribution in [0, 0.1) is 0 Å². The molecule has 0 fully saturated rings. The van der Waals surface area contributed by atoms with Crippen molar-refractivity contribution in [2.75, 3.05) is 0 Å². The summed E-state index contributed by atoms with van der Waals surface area (Å²) in [5, 5.41) is 13.3. The second-order valence-electron chi connectivity index (χ2n) is 2.57. The number of carbonyl (C=O) groups is 1. The number of aliphatic hydroxyl groups is 1. The van der Waals surface area contributed by atoms with Crippen LogP contribution in [0.3, 0.4) is 0 Å². The fourth-order valence-corrected chi connectivity index (χ4v) is 0.755. The summed E-state index contributed by atoms with van der Waals surface area (Å²) in [6.07, 6.45) is 1.45. The van der Waals surface area contributed by atoms with Crippen molar-refractivity contribution in [2.24, 2.45) is 0 Å². The Balaban J connectivity index is 3.00. The summed E-state index contributed by atoms with van der Waals surface area (Å²) in [6, 6.07) is 4.77. The van der Waals surface area contributed by atoms with Gasteiger partial charge in [0.05, 0.1) is 5.69 Å². The number of carboxylic acids is 1. The number of pyridine rings is 1. The van der Waals surface area contributed by atoms with Crippen molar-refractivity contribution in [3.8, 4) is 0 Å². The highest BCUT2D eigenvalue weighted by Gasteiger charge is 2.33. The van der Waals surface area contributed by atoms with Gasteiger partial charge in [-0.15, -0.1) is 0 Å². The van der Waals surface area contributed by atoms with Crippen LogP contribution in [0.4, 0.5) is 0 Å². The number of hydrogen-bond acceptors (Lipinski definition) is 4. The minimum absolute atomic E-state index is 0.159. The lowest BCUT2D eigenvalue weighted by molar-refractivity contribution is -0.158. The molecule has 2 N–H and O–H groups in total. The zero-order valence-corrected chi connectivity index (χ0v) is 6.52. The smallest absolute Gasteiger partial charge is 0.341 e. The molecule has 0 amide bonds. The van der Waals surface area contributed by atoms with Gasteiger partial charge < -0.3 is 10.2 Å². The molecule has 0 bridgehead atoms. The number of hydrogen-bond donors (Lipinski definition) is 2. The monoisotopic (exact) mass is 168 g/mol. The molecular formula is C8H9NO3. The van der Waals surface area contributed by atoms with E-state index in [0.717, 1.165) is 0 Å². The molecule has 1 aromatic heterocycles. The summed E-state index contributed by atoms with van der Waals surface area (Å²) >= 11 is 0. The van der Waals surface area contributed by atoms with Gasteiger partial charge >= 0.3 is 5.97 Å². The maximum absolute atomic E-state index is 10.9. The number of carboxylic acid groups (broad SMARTS) is 1. The lowest BCUT2D eigenvalue weighted by atomic mass is 10.0. The minimum atomic E-state index is -1.86. The molecule has 4 heteroatoms. The molecule has 0 spiro atoms. The van der Waals surface area contributed by atoms with E-state index < -0.39 is 11.6 Å². The fraction of sp³-hybridized carbons (Fsp3) is 0.250. The third-order valence-electron chi connectivity index (χ3n) is 1.56. The molecule has 0 aliphatic heterocycles. The molecule has 1 heterocycles. The molecule has 0 saturated carbocycles. The topological polar surface area (TPSA) is 70.4 Å². The van der Waals surface area contributed by atoms with E-state index in [9.17, 15) is 9.90 Å². The zero-order chi connectivity index (χ0) is 9.90. The molecule has 1 aromatic rings. The van der Waals surface area contributed by atoms with Gasteiger partial charge in [0.15, 0.2) is 0 Å². The van der Waals surface area contributed by atoms with Crippen LogP contribution in [-0.2, 0) is 10.4 Å². The van der Waals surface area contributed by atoms with Crippen molar-refractivity contribution in [1.29, 1.82) is 1.43 Å². The van der Waals surface area contributed by atoms with Gasteiger partial charge in [-0.2, -0.15) is 0 Å². The Bertz CT molecular complexity index is 300. The average molecular weight is 168 g/mol. The maximum atomic E-state index is 10.9. The highest BCUT2D eigenvalue weighted by molar-refractivity contribution is 5.77. The Hall–Kier alpha value is -1.42. The van der Waals surface area contributed by atoms with E-state index in [-0.39, 0.29) is 5.69 Å². The lowest BCUT2D eigenvalue weighted by Gasteiger charge is -2.16. The standard InChI is InChI=1S/C8H9NO3/c1-8(12,7(10)11)6-4-2-3-5-9-6/h2-5,12H,1H3,(H,10,11)/i/hD. The Morgan fingerprint density at radius 2 is 2.50 bits per heavy atom. The van der Waals surface area contributed by atoms with Crippen LogP contribution < -0.4 is 0 Å². The molecule has 1 atom stereocenters. The number of nitrogens with zero attached hydrogens (tertiary/aromatic N) is 1. The van der Waals surface area contributed by atoms with Gasteiger partial charge in [0.25, 0.3) is 1.43 Å². The molecular weight excluding hydrogens is 158 g/mol. The van der Waals surface area contributed by atoms with E-state index in [0.29, 0.717) is 0 Å². The van der Waals surface area contributed by atoms with E-state index in [1.54, 1.807) is 12.1 Å². The Kier molecular flexibility index (Phi) is 1.75. The predicted molar refractivity (Wildman–Crippen MR) is 41.4 cm³/mol. The number of rotatable bonds is 2. The maximum Gasteiger partial charge on any atom is 0.341 e. The Labute approximate surface area is 71.0 Å². The van der Waals surface area contributed by atoms with Crippen molar-refractivity contribution >= 4 is 5.97 Å². The van der Waals surface area contributed by atoms with Crippen LogP contribution in [0.25, 0.3) is 1.43 Å². The van der Waals surface area contributed by atoms with Crippen molar-refractivity contribution in [1.82, 2.24) is 4.98 Å². The second-order valence-corrected chi connectivity index (χ2v) is 2.57. The first-order chi connectivity index (χ1) is 6.09. The van der Waals surface area contributed by atoms with Crippen LogP contribution >= 0.6 is 0 Å². The molecule has 0 aliphatic carbocycles. The minimum Gasteiger partial charge on any atom is -0.479 e. The van der Waals surface area contributed by atoms with Gasteiger partial charge in [-0.3, -0.25) is 4.98 Å². The van der Waals surface area contributed by atoms with Gasteiger partial charge in [0.2, 0.25) is 5.60 Å². The van der Waals surface area contributed by atoms with Gasteiger partial charge in [-0.05, 0) is 19.1 Å². The molecule has 0 saturated heterocycles. The van der Waals surface area contributed by atoms with Crippen molar-refractivity contribution in [3.63, 3.8) is 0 Å². The average Bonchev–Trinajstić information content (AvgIpc) is 2.18. The summed E-state index contributed by atoms with van der Waals surface area (Å²) in [6.45, 7) is 1.23. The molecule has 1 rings (SSSR count). The van der Waals surface area contributed by atoms with Crippen molar-refractivity contribution in [2.45, 2.75) is 12.5 Å². The van der Waals surface area contributed by atoms with Crippen LogP contribution in [-0.4, -0.2) is 21.2 Å². The van der Waals surface area contributed by atoms with Crippen molar-refractivity contribution < 1.29 is 15.0 Å². The van der Waals surface area contributed by atoms with Gasteiger partial charge in [0.1, 0.15) is 0 Å². The first-order valence-electron chi connectivity index (χ1n) is 3.81.